The fourth-order valence-corrected chi connectivity index (χ4v) is 1.26. The van der Waals surface area contributed by atoms with Crippen molar-refractivity contribution in [1.82, 2.24) is 0 Å². The van der Waals surface area contributed by atoms with Crippen molar-refractivity contribution in [1.29, 1.82) is 0 Å². The Kier molecular flexibility index (Phi) is 6.23. The van der Waals surface area contributed by atoms with Crippen molar-refractivity contribution in [2.45, 2.75) is 19.8 Å². The van der Waals surface area contributed by atoms with Gasteiger partial charge in [0.15, 0.2) is 0 Å². The molecule has 0 saturated heterocycles. The normalized spacial score (nSPS) is 13.9. The van der Waals surface area contributed by atoms with Crippen LogP contribution in [0.25, 0.3) is 0 Å². The molecule has 0 saturated carbocycles. The minimum atomic E-state index is 0.661. The van der Waals surface area contributed by atoms with Crippen LogP contribution in [-0.2, 0) is 0 Å². The van der Waals surface area contributed by atoms with Crippen molar-refractivity contribution in [3.63, 3.8) is 0 Å². The molecule has 0 spiro atoms. The van der Waals surface area contributed by atoms with E-state index in [1.165, 1.54) is 6.42 Å². The molecule has 0 bridgehead atoms. The summed E-state index contributed by atoms with van der Waals surface area (Å²) in [5.41, 5.74) is 0. The zero-order valence-corrected chi connectivity index (χ0v) is 6.76. The van der Waals surface area contributed by atoms with E-state index >= 15 is 0 Å². The Labute approximate surface area is 62.0 Å². The topological polar surface area (TPSA) is 0 Å². The average molecular weight is 152 g/mol. The zero-order chi connectivity index (χ0) is 6.41. The highest BCUT2D eigenvalue weighted by Gasteiger charge is 2.00. The van der Waals surface area contributed by atoms with E-state index in [1.807, 2.05) is 0 Å². The fourth-order valence-electron chi connectivity index (χ4n) is 0.557. The van der Waals surface area contributed by atoms with E-state index in [0.29, 0.717) is 5.92 Å². The molecule has 0 aliphatic heterocycles. The van der Waals surface area contributed by atoms with Gasteiger partial charge in [-0.2, -0.15) is 0 Å². The third-order valence-electron chi connectivity index (χ3n) is 1.32. The number of rotatable bonds is 4. The molecule has 0 nitrogen and oxygen atoms in total. The Balaban J connectivity index is 3.07. The maximum Gasteiger partial charge on any atom is 0.0251 e. The number of hydrogen-bond donors (Lipinski definition) is 0. The second-order valence-corrected chi connectivity index (χ2v) is 2.64. The Morgan fingerprint density at radius 2 is 2.25 bits per heavy atom. The van der Waals surface area contributed by atoms with Gasteiger partial charge in [-0.15, -0.1) is 11.6 Å². The van der Waals surface area contributed by atoms with E-state index in [-0.39, 0.29) is 0 Å². The van der Waals surface area contributed by atoms with Crippen LogP contribution in [0.4, 0.5) is 0 Å². The second-order valence-electron chi connectivity index (χ2n) is 1.92. The van der Waals surface area contributed by atoms with Gasteiger partial charge in [0.05, 0.1) is 0 Å². The van der Waals surface area contributed by atoms with Gasteiger partial charge >= 0.3 is 0 Å². The van der Waals surface area contributed by atoms with Crippen LogP contribution < -0.4 is 0 Å². The Hall–Kier alpha value is 0.640. The van der Waals surface area contributed by atoms with Gasteiger partial charge in [-0.1, -0.05) is 26.0 Å². The Morgan fingerprint density at radius 1 is 1.62 bits per heavy atom. The summed E-state index contributed by atoms with van der Waals surface area (Å²) >= 11 is 10.4. The molecule has 8 heavy (non-hydrogen) atoms. The SMILES string of the molecule is CCC(CCl)CC[S]. The summed E-state index contributed by atoms with van der Waals surface area (Å²) in [7, 11) is 0. The molecule has 0 aromatic heterocycles. The lowest BCUT2D eigenvalue weighted by Gasteiger charge is -2.06. The van der Waals surface area contributed by atoms with E-state index in [2.05, 4.69) is 6.92 Å². The first-order valence-electron chi connectivity index (χ1n) is 2.99. The highest BCUT2D eigenvalue weighted by molar-refractivity contribution is 7.80. The van der Waals surface area contributed by atoms with Crippen molar-refractivity contribution in [2.75, 3.05) is 11.6 Å². The smallest absolute Gasteiger partial charge is 0.0251 e. The number of alkyl halides is 1. The van der Waals surface area contributed by atoms with Crippen LogP contribution in [0.15, 0.2) is 0 Å². The summed E-state index contributed by atoms with van der Waals surface area (Å²) in [4.78, 5) is 0. The number of halogens is 1. The van der Waals surface area contributed by atoms with Gasteiger partial charge in [-0.25, -0.2) is 0 Å². The largest absolute Gasteiger partial charge is 0.126 e. The summed E-state index contributed by atoms with van der Waals surface area (Å²) in [6.07, 6.45) is 2.27. The highest BCUT2D eigenvalue weighted by atomic mass is 35.5. The Morgan fingerprint density at radius 3 is 2.38 bits per heavy atom. The third-order valence-corrected chi connectivity index (χ3v) is 1.99. The van der Waals surface area contributed by atoms with Crippen LogP contribution in [0.5, 0.6) is 0 Å². The maximum atomic E-state index is 5.60. The standard InChI is InChI=1S/C6H12ClS/c1-2-6(5-7)3-4-8/h6H,2-5H2,1H3. The van der Waals surface area contributed by atoms with Crippen LogP contribution in [-0.4, -0.2) is 11.6 Å². The van der Waals surface area contributed by atoms with Crippen LogP contribution in [0.2, 0.25) is 0 Å². The van der Waals surface area contributed by atoms with Crippen molar-refractivity contribution in [3.05, 3.63) is 0 Å². The molecule has 2 heteroatoms. The quantitative estimate of drug-likeness (QED) is 0.543. The third kappa shape index (κ3) is 3.62. The van der Waals surface area contributed by atoms with Gasteiger partial charge in [0.2, 0.25) is 0 Å². The molecule has 1 radical (unpaired) electrons. The van der Waals surface area contributed by atoms with E-state index in [1.54, 1.807) is 0 Å². The number of hydrogen-bond acceptors (Lipinski definition) is 0. The van der Waals surface area contributed by atoms with Gasteiger partial charge in [0, 0.05) is 11.6 Å². The van der Waals surface area contributed by atoms with E-state index in [4.69, 9.17) is 24.2 Å². The molecule has 0 N–H and O–H groups in total. The van der Waals surface area contributed by atoms with Crippen molar-refractivity contribution in [3.8, 4) is 0 Å². The minimum absolute atomic E-state index is 0.661. The summed E-state index contributed by atoms with van der Waals surface area (Å²) in [6.45, 7) is 2.15. The molecule has 0 rings (SSSR count). The van der Waals surface area contributed by atoms with Gasteiger partial charge in [-0.05, 0) is 12.3 Å². The molecule has 1 atom stereocenters. The van der Waals surface area contributed by atoms with E-state index in [0.717, 1.165) is 18.1 Å². The zero-order valence-electron chi connectivity index (χ0n) is 5.19. The maximum absolute atomic E-state index is 5.60. The molecule has 0 aromatic carbocycles. The second kappa shape index (κ2) is 5.77. The van der Waals surface area contributed by atoms with Crippen LogP contribution in [0, 0.1) is 5.92 Å². The lowest BCUT2D eigenvalue weighted by Crippen LogP contribution is -2.00. The lowest BCUT2D eigenvalue weighted by molar-refractivity contribution is 0.556. The minimum Gasteiger partial charge on any atom is -0.126 e. The predicted octanol–water partition coefficient (Wildman–Crippen LogP) is 2.84. The van der Waals surface area contributed by atoms with Gasteiger partial charge in [-0.3, -0.25) is 0 Å². The van der Waals surface area contributed by atoms with Crippen molar-refractivity contribution in [2.24, 2.45) is 5.92 Å². The summed E-state index contributed by atoms with van der Waals surface area (Å²) < 4.78 is 0. The van der Waals surface area contributed by atoms with Crippen molar-refractivity contribution >= 4 is 24.2 Å². The fraction of sp³-hybridized carbons (Fsp3) is 1.00. The van der Waals surface area contributed by atoms with Crippen LogP contribution in [0.3, 0.4) is 0 Å². The summed E-state index contributed by atoms with van der Waals surface area (Å²) in [6, 6.07) is 0. The highest BCUT2D eigenvalue weighted by Crippen LogP contribution is 2.09. The predicted molar refractivity (Wildman–Crippen MR) is 41.6 cm³/mol. The molecular formula is C6H12ClS. The van der Waals surface area contributed by atoms with Gasteiger partial charge in [0.1, 0.15) is 0 Å². The molecule has 0 amide bonds. The molecule has 0 aliphatic rings. The molecular weight excluding hydrogens is 140 g/mol. The van der Waals surface area contributed by atoms with E-state index in [9.17, 15) is 0 Å². The first-order valence-corrected chi connectivity index (χ1v) is 4.10. The van der Waals surface area contributed by atoms with Crippen LogP contribution >= 0.6 is 24.2 Å². The monoisotopic (exact) mass is 151 g/mol. The lowest BCUT2D eigenvalue weighted by atomic mass is 10.1. The Bertz CT molecular complexity index is 43.8. The summed E-state index contributed by atoms with van der Waals surface area (Å²) in [5.74, 6) is 2.28. The van der Waals surface area contributed by atoms with Crippen molar-refractivity contribution < 1.29 is 0 Å². The molecule has 1 unspecified atom stereocenters. The van der Waals surface area contributed by atoms with Gasteiger partial charge in [0.25, 0.3) is 0 Å². The summed E-state index contributed by atoms with van der Waals surface area (Å²) in [5, 5.41) is 0. The average Bonchev–Trinajstić information content (AvgIpc) is 1.83. The van der Waals surface area contributed by atoms with Gasteiger partial charge < -0.3 is 0 Å². The molecule has 49 valence electrons. The molecule has 0 heterocycles. The van der Waals surface area contributed by atoms with E-state index < -0.39 is 0 Å². The first kappa shape index (κ1) is 8.64. The first-order chi connectivity index (χ1) is 3.85. The van der Waals surface area contributed by atoms with Crippen LogP contribution in [0.1, 0.15) is 19.8 Å². The molecule has 0 aromatic rings. The molecule has 0 aliphatic carbocycles. The molecule has 0 fully saturated rings.